The van der Waals surface area contributed by atoms with Gasteiger partial charge in [-0.25, -0.2) is 0 Å². The van der Waals surface area contributed by atoms with E-state index in [1.165, 1.54) is 38.0 Å². The maximum absolute atomic E-state index is 2.48. The minimum Gasteiger partial charge on any atom is -0.372 e. The van der Waals surface area contributed by atoms with Gasteiger partial charge in [-0.15, -0.1) is 0 Å². The molecule has 1 fully saturated rings. The Morgan fingerprint density at radius 2 is 1.46 bits per heavy atom. The van der Waals surface area contributed by atoms with Crippen LogP contribution in [0.15, 0.2) is 30.3 Å². The number of para-hydroxylation sites is 1. The molecule has 0 spiro atoms. The normalized spacial score (nSPS) is 16.5. The van der Waals surface area contributed by atoms with Crippen molar-refractivity contribution >= 4 is 24.5 Å². The first-order valence-electron chi connectivity index (χ1n) is 4.77. The van der Waals surface area contributed by atoms with Gasteiger partial charge in [-0.3, -0.25) is 0 Å². The van der Waals surface area contributed by atoms with Crippen LogP contribution in [0, 0.1) is 0 Å². The Labute approximate surface area is 92.3 Å². The predicted octanol–water partition coefficient (Wildman–Crippen LogP) is 2.03. The van der Waals surface area contributed by atoms with E-state index in [-0.39, 0.29) is 18.9 Å². The largest absolute Gasteiger partial charge is 0.372 e. The van der Waals surface area contributed by atoms with Crippen molar-refractivity contribution in [2.24, 2.45) is 0 Å². The molecule has 1 aromatic carbocycles. The van der Waals surface area contributed by atoms with E-state index in [1.807, 2.05) is 0 Å². The molecule has 66 valence electrons. The third-order valence-corrected chi connectivity index (χ3v) is 2.48. The van der Waals surface area contributed by atoms with Crippen molar-refractivity contribution in [1.82, 2.24) is 0 Å². The summed E-state index contributed by atoms with van der Waals surface area (Å²) in [5, 5.41) is 0. The summed E-state index contributed by atoms with van der Waals surface area (Å²) in [5.74, 6) is 0. The van der Waals surface area contributed by atoms with Crippen LogP contribution in [-0.2, 0) is 0 Å². The van der Waals surface area contributed by atoms with Crippen LogP contribution in [0.25, 0.3) is 0 Å². The summed E-state index contributed by atoms with van der Waals surface area (Å²) in [7, 11) is 0. The average Bonchev–Trinajstić information content (AvgIpc) is 2.21. The molecule has 0 unspecified atom stereocenters. The van der Waals surface area contributed by atoms with Crippen molar-refractivity contribution in [3.63, 3.8) is 0 Å². The van der Waals surface area contributed by atoms with Gasteiger partial charge in [0.15, 0.2) is 0 Å². The van der Waals surface area contributed by atoms with Crippen LogP contribution in [-0.4, -0.2) is 32.0 Å². The van der Waals surface area contributed by atoms with E-state index >= 15 is 0 Å². The zero-order valence-electron chi connectivity index (χ0n) is 7.37. The van der Waals surface area contributed by atoms with E-state index in [0.29, 0.717) is 0 Å². The van der Waals surface area contributed by atoms with Crippen LogP contribution < -0.4 is 4.90 Å². The summed E-state index contributed by atoms with van der Waals surface area (Å²) in [5.41, 5.74) is 1.39. The first-order valence-corrected chi connectivity index (χ1v) is 4.77. The molecule has 1 nitrogen and oxygen atoms in total. The topological polar surface area (TPSA) is 3.24 Å². The molecule has 0 saturated carbocycles. The van der Waals surface area contributed by atoms with E-state index in [2.05, 4.69) is 35.2 Å². The first-order chi connectivity index (χ1) is 5.97. The quantitative estimate of drug-likeness (QED) is 0.581. The molecule has 0 atom stereocenters. The number of anilines is 1. The zero-order valence-corrected chi connectivity index (χ0v) is 7.37. The number of hydrogen-bond acceptors (Lipinski definition) is 1. The van der Waals surface area contributed by atoms with Gasteiger partial charge in [-0.05, 0) is 31.4 Å². The van der Waals surface area contributed by atoms with Gasteiger partial charge in [-0.2, -0.15) is 0 Å². The minimum absolute atomic E-state index is 0. The van der Waals surface area contributed by atoms with Crippen LogP contribution in [0.1, 0.15) is 19.3 Å². The van der Waals surface area contributed by atoms with Crippen LogP contribution in [0.4, 0.5) is 5.69 Å². The molecule has 0 radical (unpaired) electrons. The molecular formula is C11H16LiN. The molecule has 1 aliphatic heterocycles. The first kappa shape index (κ1) is 10.7. The van der Waals surface area contributed by atoms with Crippen molar-refractivity contribution in [3.05, 3.63) is 30.3 Å². The van der Waals surface area contributed by atoms with Gasteiger partial charge in [0.1, 0.15) is 0 Å². The van der Waals surface area contributed by atoms with Gasteiger partial charge in [0.25, 0.3) is 0 Å². The van der Waals surface area contributed by atoms with Gasteiger partial charge < -0.3 is 4.90 Å². The van der Waals surface area contributed by atoms with E-state index < -0.39 is 0 Å². The molecule has 0 aromatic heterocycles. The number of hydrogen-bond donors (Lipinski definition) is 0. The summed E-state index contributed by atoms with van der Waals surface area (Å²) in [6.45, 7) is 2.48. The number of rotatable bonds is 1. The molecule has 1 saturated heterocycles. The Morgan fingerprint density at radius 3 is 2.08 bits per heavy atom. The monoisotopic (exact) mass is 169 g/mol. The van der Waals surface area contributed by atoms with Gasteiger partial charge in [0.2, 0.25) is 0 Å². The molecule has 1 aliphatic rings. The SMILES string of the molecule is [LiH].c1ccc(N2CCCCC2)cc1. The molecule has 2 heteroatoms. The van der Waals surface area contributed by atoms with Crippen molar-refractivity contribution < 1.29 is 0 Å². The summed E-state index contributed by atoms with van der Waals surface area (Å²) in [4.78, 5) is 2.48. The van der Waals surface area contributed by atoms with Crippen molar-refractivity contribution in [3.8, 4) is 0 Å². The third-order valence-electron chi connectivity index (χ3n) is 2.48. The smallest absolute Gasteiger partial charge is 0.0366 e. The fraction of sp³-hybridized carbons (Fsp3) is 0.455. The second kappa shape index (κ2) is 5.37. The van der Waals surface area contributed by atoms with Crippen molar-refractivity contribution in [1.29, 1.82) is 0 Å². The average molecular weight is 169 g/mol. The molecule has 0 aliphatic carbocycles. The van der Waals surface area contributed by atoms with Crippen molar-refractivity contribution in [2.75, 3.05) is 18.0 Å². The molecule has 0 bridgehead atoms. The molecule has 2 rings (SSSR count). The van der Waals surface area contributed by atoms with Gasteiger partial charge in [0, 0.05) is 18.8 Å². The summed E-state index contributed by atoms with van der Waals surface area (Å²) in [6, 6.07) is 10.7. The van der Waals surface area contributed by atoms with Crippen LogP contribution >= 0.6 is 0 Å². The van der Waals surface area contributed by atoms with Crippen molar-refractivity contribution in [2.45, 2.75) is 19.3 Å². The number of benzene rings is 1. The zero-order chi connectivity index (χ0) is 8.23. The van der Waals surface area contributed by atoms with E-state index in [9.17, 15) is 0 Å². The Morgan fingerprint density at radius 1 is 0.846 bits per heavy atom. The summed E-state index contributed by atoms with van der Waals surface area (Å²) >= 11 is 0. The molecule has 13 heavy (non-hydrogen) atoms. The van der Waals surface area contributed by atoms with E-state index in [1.54, 1.807) is 0 Å². The number of piperidine rings is 1. The van der Waals surface area contributed by atoms with Gasteiger partial charge in [0.05, 0.1) is 0 Å². The van der Waals surface area contributed by atoms with E-state index in [0.717, 1.165) is 0 Å². The maximum atomic E-state index is 2.48. The molecule has 1 aromatic rings. The predicted molar refractivity (Wildman–Crippen MR) is 59.7 cm³/mol. The molecule has 0 N–H and O–H groups in total. The van der Waals surface area contributed by atoms with Crippen LogP contribution in [0.5, 0.6) is 0 Å². The Balaban J connectivity index is 0.000000845. The molecular weight excluding hydrogens is 153 g/mol. The Kier molecular flexibility index (Phi) is 4.42. The van der Waals surface area contributed by atoms with Crippen LogP contribution in [0.2, 0.25) is 0 Å². The molecule has 1 heterocycles. The van der Waals surface area contributed by atoms with E-state index in [4.69, 9.17) is 0 Å². The Hall–Kier alpha value is -0.383. The third kappa shape index (κ3) is 2.79. The summed E-state index contributed by atoms with van der Waals surface area (Å²) in [6.07, 6.45) is 4.12. The fourth-order valence-electron chi connectivity index (χ4n) is 1.79. The maximum Gasteiger partial charge on any atom is 0.0366 e. The minimum atomic E-state index is 0. The Bertz CT molecular complexity index is 229. The van der Waals surface area contributed by atoms with Crippen LogP contribution in [0.3, 0.4) is 0 Å². The standard InChI is InChI=1S/C11H15N.Li.H/c1-3-7-11(8-4-1)12-9-5-2-6-10-12;;/h1,3-4,7-8H,2,5-6,9-10H2;;. The van der Waals surface area contributed by atoms with Gasteiger partial charge in [-0.1, -0.05) is 18.2 Å². The van der Waals surface area contributed by atoms with Gasteiger partial charge >= 0.3 is 18.9 Å². The number of nitrogens with zero attached hydrogens (tertiary/aromatic N) is 1. The second-order valence-corrected chi connectivity index (χ2v) is 3.38. The second-order valence-electron chi connectivity index (χ2n) is 3.38. The molecule has 0 amide bonds. The summed E-state index contributed by atoms with van der Waals surface area (Å²) < 4.78 is 0. The fourth-order valence-corrected chi connectivity index (χ4v) is 1.79.